The lowest BCUT2D eigenvalue weighted by atomic mass is 10.2. The predicted molar refractivity (Wildman–Crippen MR) is 95.7 cm³/mol. The van der Waals surface area contributed by atoms with Crippen LogP contribution in [0, 0.1) is 6.92 Å². The van der Waals surface area contributed by atoms with Gasteiger partial charge in [-0.3, -0.25) is 0 Å². The molecule has 4 nitrogen and oxygen atoms in total. The number of benzene rings is 2. The first-order chi connectivity index (χ1) is 12.1. The molecule has 0 spiro atoms. The molecule has 0 unspecified atom stereocenters. The molecule has 2 aromatic rings. The highest BCUT2D eigenvalue weighted by atomic mass is 32.2. The molecule has 1 N–H and O–H groups in total. The van der Waals surface area contributed by atoms with Crippen molar-refractivity contribution >= 4 is 15.7 Å². The summed E-state index contributed by atoms with van der Waals surface area (Å²) in [5, 5.41) is 0. The number of rotatable bonds is 7. The molecule has 0 radical (unpaired) electrons. The summed E-state index contributed by atoms with van der Waals surface area (Å²) in [6.07, 6.45) is -4.49. The number of halogens is 3. The van der Waals surface area contributed by atoms with Crippen LogP contribution in [0.2, 0.25) is 0 Å². The van der Waals surface area contributed by atoms with Gasteiger partial charge in [0.1, 0.15) is 0 Å². The van der Waals surface area contributed by atoms with E-state index in [0.717, 1.165) is 35.5 Å². The van der Waals surface area contributed by atoms with Crippen molar-refractivity contribution in [3.05, 3.63) is 59.7 Å². The van der Waals surface area contributed by atoms with E-state index in [1.165, 1.54) is 0 Å². The van der Waals surface area contributed by atoms with Crippen molar-refractivity contribution in [3.8, 4) is 0 Å². The van der Waals surface area contributed by atoms with E-state index in [2.05, 4.69) is 4.72 Å². The molecule has 26 heavy (non-hydrogen) atoms. The normalized spacial score (nSPS) is 12.2. The molecule has 0 aliphatic heterocycles. The number of hydrogen-bond acceptors (Lipinski definition) is 3. The molecule has 0 aromatic heterocycles. The van der Waals surface area contributed by atoms with Gasteiger partial charge in [0.2, 0.25) is 10.0 Å². The molecule has 2 rings (SSSR count). The topological polar surface area (TPSA) is 49.4 Å². The third kappa shape index (κ3) is 5.22. The van der Waals surface area contributed by atoms with Crippen molar-refractivity contribution in [1.82, 2.24) is 4.72 Å². The Morgan fingerprint density at radius 1 is 1.08 bits per heavy atom. The van der Waals surface area contributed by atoms with Crippen LogP contribution in [0.4, 0.5) is 18.9 Å². The van der Waals surface area contributed by atoms with Gasteiger partial charge >= 0.3 is 6.18 Å². The van der Waals surface area contributed by atoms with Crippen LogP contribution in [-0.4, -0.2) is 28.1 Å². The van der Waals surface area contributed by atoms with Crippen LogP contribution in [0.1, 0.15) is 18.1 Å². The van der Waals surface area contributed by atoms with E-state index >= 15 is 0 Å². The number of sulfonamides is 1. The molecule has 142 valence electrons. The molecular weight excluding hydrogens is 365 g/mol. The summed E-state index contributed by atoms with van der Waals surface area (Å²) in [7, 11) is -3.86. The average Bonchev–Trinajstić information content (AvgIpc) is 2.58. The van der Waals surface area contributed by atoms with Gasteiger partial charge in [-0.15, -0.1) is 0 Å². The monoisotopic (exact) mass is 386 g/mol. The van der Waals surface area contributed by atoms with Gasteiger partial charge in [-0.05, 0) is 55.8 Å². The predicted octanol–water partition coefficient (Wildman–Crippen LogP) is 3.82. The molecule has 0 aliphatic rings. The second-order valence-corrected chi connectivity index (χ2v) is 7.61. The Morgan fingerprint density at radius 3 is 2.27 bits per heavy atom. The Labute approximate surface area is 151 Å². The van der Waals surface area contributed by atoms with Gasteiger partial charge in [-0.2, -0.15) is 13.2 Å². The van der Waals surface area contributed by atoms with Crippen LogP contribution < -0.4 is 9.62 Å². The lowest BCUT2D eigenvalue weighted by Gasteiger charge is -2.23. The van der Waals surface area contributed by atoms with Crippen molar-refractivity contribution in [1.29, 1.82) is 0 Å². The number of anilines is 1. The zero-order valence-electron chi connectivity index (χ0n) is 14.5. The fraction of sp³-hybridized carbons (Fsp3) is 0.333. The smallest absolute Gasteiger partial charge is 0.370 e. The molecule has 8 heteroatoms. The van der Waals surface area contributed by atoms with E-state index in [0.29, 0.717) is 13.1 Å². The maximum atomic E-state index is 12.6. The van der Waals surface area contributed by atoms with Gasteiger partial charge in [0.25, 0.3) is 0 Å². The number of likely N-dealkylation sites (N-methyl/N-ethyl adjacent to an activating group) is 1. The highest BCUT2D eigenvalue weighted by Gasteiger charge is 2.30. The van der Waals surface area contributed by atoms with Crippen molar-refractivity contribution in [2.24, 2.45) is 0 Å². The second-order valence-electron chi connectivity index (χ2n) is 5.84. The number of hydrogen-bond donors (Lipinski definition) is 1. The first kappa shape index (κ1) is 20.3. The van der Waals surface area contributed by atoms with Crippen LogP contribution in [0.15, 0.2) is 53.4 Å². The zero-order valence-corrected chi connectivity index (χ0v) is 15.4. The van der Waals surface area contributed by atoms with E-state index in [1.807, 2.05) is 43.0 Å². The molecule has 0 amide bonds. The molecule has 0 bridgehead atoms. The number of aryl methyl sites for hydroxylation is 1. The van der Waals surface area contributed by atoms with Crippen molar-refractivity contribution < 1.29 is 21.6 Å². The number of nitrogens with zero attached hydrogens (tertiary/aromatic N) is 1. The third-order valence-corrected chi connectivity index (χ3v) is 5.39. The molecule has 0 heterocycles. The molecule has 0 saturated heterocycles. The lowest BCUT2D eigenvalue weighted by Crippen LogP contribution is -2.35. The Balaban J connectivity index is 2.01. The highest BCUT2D eigenvalue weighted by molar-refractivity contribution is 7.89. The fourth-order valence-corrected chi connectivity index (χ4v) is 3.54. The first-order valence-corrected chi connectivity index (χ1v) is 9.60. The van der Waals surface area contributed by atoms with Crippen LogP contribution in [0.3, 0.4) is 0 Å². The van der Waals surface area contributed by atoms with E-state index in [9.17, 15) is 21.6 Å². The van der Waals surface area contributed by atoms with E-state index in [4.69, 9.17) is 0 Å². The van der Waals surface area contributed by atoms with E-state index < -0.39 is 21.8 Å². The maximum absolute atomic E-state index is 12.6. The minimum absolute atomic E-state index is 0.144. The standard InChI is InChI=1S/C18H21F3N2O2S/c1-3-23(16-6-4-5-14(2)13-16)12-11-22-26(24,25)17-9-7-15(8-10-17)18(19,20)21/h4-10,13,22H,3,11-12H2,1-2H3. The fourth-order valence-electron chi connectivity index (χ4n) is 2.52. The molecule has 0 fully saturated rings. The Hall–Kier alpha value is -2.06. The molecule has 0 saturated carbocycles. The maximum Gasteiger partial charge on any atom is 0.416 e. The summed E-state index contributed by atoms with van der Waals surface area (Å²) >= 11 is 0. The van der Waals surface area contributed by atoms with Crippen LogP contribution in [-0.2, 0) is 16.2 Å². The Kier molecular flexibility index (Phi) is 6.30. The highest BCUT2D eigenvalue weighted by Crippen LogP contribution is 2.29. The number of alkyl halides is 3. The summed E-state index contributed by atoms with van der Waals surface area (Å²) in [5.41, 5.74) is 1.21. The molecule has 2 aromatic carbocycles. The Bertz CT molecular complexity index is 834. The molecular formula is C18H21F3N2O2S. The Morgan fingerprint density at radius 2 is 1.73 bits per heavy atom. The van der Waals surface area contributed by atoms with Crippen LogP contribution >= 0.6 is 0 Å². The quantitative estimate of drug-likeness (QED) is 0.787. The first-order valence-electron chi connectivity index (χ1n) is 8.12. The van der Waals surface area contributed by atoms with Gasteiger partial charge in [-0.25, -0.2) is 13.1 Å². The van der Waals surface area contributed by atoms with Crippen molar-refractivity contribution in [3.63, 3.8) is 0 Å². The van der Waals surface area contributed by atoms with Gasteiger partial charge in [0, 0.05) is 25.3 Å². The molecule has 0 atom stereocenters. The summed E-state index contributed by atoms with van der Waals surface area (Å²) in [5.74, 6) is 0. The SMILES string of the molecule is CCN(CCNS(=O)(=O)c1ccc(C(F)(F)F)cc1)c1cccc(C)c1. The number of nitrogens with one attached hydrogen (secondary N) is 1. The third-order valence-electron chi connectivity index (χ3n) is 3.91. The lowest BCUT2D eigenvalue weighted by molar-refractivity contribution is -0.137. The van der Waals surface area contributed by atoms with Gasteiger partial charge < -0.3 is 4.90 Å². The summed E-state index contributed by atoms with van der Waals surface area (Å²) in [6, 6.07) is 11.3. The zero-order chi connectivity index (χ0) is 19.4. The molecule has 0 aliphatic carbocycles. The van der Waals surface area contributed by atoms with Crippen LogP contribution in [0.5, 0.6) is 0 Å². The van der Waals surface area contributed by atoms with Crippen molar-refractivity contribution in [2.75, 3.05) is 24.5 Å². The largest absolute Gasteiger partial charge is 0.416 e. The van der Waals surface area contributed by atoms with Gasteiger partial charge in [0.05, 0.1) is 10.5 Å². The van der Waals surface area contributed by atoms with Crippen molar-refractivity contribution in [2.45, 2.75) is 24.9 Å². The summed E-state index contributed by atoms with van der Waals surface area (Å²) < 4.78 is 64.6. The summed E-state index contributed by atoms with van der Waals surface area (Å²) in [4.78, 5) is 1.83. The minimum atomic E-state index is -4.49. The minimum Gasteiger partial charge on any atom is -0.370 e. The van der Waals surface area contributed by atoms with Gasteiger partial charge in [-0.1, -0.05) is 12.1 Å². The average molecular weight is 386 g/mol. The van der Waals surface area contributed by atoms with Crippen LogP contribution in [0.25, 0.3) is 0 Å². The second kappa shape index (κ2) is 8.09. The van der Waals surface area contributed by atoms with Gasteiger partial charge in [0.15, 0.2) is 0 Å². The van der Waals surface area contributed by atoms with E-state index in [-0.39, 0.29) is 11.4 Å². The van der Waals surface area contributed by atoms with E-state index in [1.54, 1.807) is 0 Å². The summed E-state index contributed by atoms with van der Waals surface area (Å²) in [6.45, 7) is 5.23.